The second kappa shape index (κ2) is 5.73. The van der Waals surface area contributed by atoms with E-state index in [2.05, 4.69) is 54.3 Å². The summed E-state index contributed by atoms with van der Waals surface area (Å²) in [4.78, 5) is 2.49. The van der Waals surface area contributed by atoms with Crippen LogP contribution in [-0.2, 0) is 6.42 Å². The standard InChI is InChI=1S/C15H22N2OS/c1-16-15(13-10-19-8-6-17(13)2)12-3-4-14-11(9-12)5-7-18-14/h3-4,9,13,15-16H,5-8,10H2,1-2H3. The number of fused-ring (bicyclic) bond motifs is 1. The minimum absolute atomic E-state index is 0.406. The van der Waals surface area contributed by atoms with Crippen LogP contribution in [0, 0.1) is 0 Å². The fraction of sp³-hybridized carbons (Fsp3) is 0.600. The molecule has 0 amide bonds. The van der Waals surface area contributed by atoms with Gasteiger partial charge in [-0.25, -0.2) is 0 Å². The molecule has 0 spiro atoms. The van der Waals surface area contributed by atoms with Crippen LogP contribution in [0.5, 0.6) is 5.75 Å². The minimum Gasteiger partial charge on any atom is -0.493 e. The number of hydrogen-bond donors (Lipinski definition) is 1. The van der Waals surface area contributed by atoms with Gasteiger partial charge in [0.15, 0.2) is 0 Å². The van der Waals surface area contributed by atoms with Gasteiger partial charge in [-0.1, -0.05) is 12.1 Å². The third kappa shape index (κ3) is 2.62. The van der Waals surface area contributed by atoms with Crippen LogP contribution in [-0.4, -0.2) is 49.7 Å². The molecule has 1 aromatic rings. The fourth-order valence-electron chi connectivity index (χ4n) is 3.04. The van der Waals surface area contributed by atoms with Crippen molar-refractivity contribution in [2.24, 2.45) is 0 Å². The first-order valence-corrected chi connectivity index (χ1v) is 8.16. The lowest BCUT2D eigenvalue weighted by atomic mass is 9.97. The largest absolute Gasteiger partial charge is 0.493 e. The lowest BCUT2D eigenvalue weighted by molar-refractivity contribution is 0.221. The van der Waals surface area contributed by atoms with Crippen molar-refractivity contribution in [3.8, 4) is 5.75 Å². The van der Waals surface area contributed by atoms with Crippen LogP contribution in [0.25, 0.3) is 0 Å². The third-order valence-corrected chi connectivity index (χ3v) is 5.26. The zero-order chi connectivity index (χ0) is 13.2. The van der Waals surface area contributed by atoms with Crippen LogP contribution in [0.1, 0.15) is 17.2 Å². The van der Waals surface area contributed by atoms with E-state index in [0.29, 0.717) is 12.1 Å². The van der Waals surface area contributed by atoms with Crippen molar-refractivity contribution in [3.63, 3.8) is 0 Å². The van der Waals surface area contributed by atoms with Gasteiger partial charge in [-0.05, 0) is 31.3 Å². The van der Waals surface area contributed by atoms with E-state index in [1.807, 2.05) is 0 Å². The molecule has 2 unspecified atom stereocenters. The Bertz CT molecular complexity index is 452. The van der Waals surface area contributed by atoms with Gasteiger partial charge in [0.25, 0.3) is 0 Å². The summed E-state index contributed by atoms with van der Waals surface area (Å²) >= 11 is 2.06. The number of thioether (sulfide) groups is 1. The Morgan fingerprint density at radius 2 is 2.37 bits per heavy atom. The van der Waals surface area contributed by atoms with E-state index >= 15 is 0 Å². The highest BCUT2D eigenvalue weighted by Crippen LogP contribution is 2.31. The SMILES string of the molecule is CNC(c1ccc2c(c1)CCO2)C1CSCCN1C. The van der Waals surface area contributed by atoms with Gasteiger partial charge < -0.3 is 10.1 Å². The number of nitrogens with one attached hydrogen (secondary N) is 1. The molecule has 2 atom stereocenters. The van der Waals surface area contributed by atoms with Crippen molar-refractivity contribution in [2.45, 2.75) is 18.5 Å². The normalized spacial score (nSPS) is 24.8. The summed E-state index contributed by atoms with van der Waals surface area (Å²) in [5.74, 6) is 3.53. The molecule has 2 heterocycles. The average molecular weight is 278 g/mol. The molecule has 1 N–H and O–H groups in total. The molecular weight excluding hydrogens is 256 g/mol. The Morgan fingerprint density at radius 3 is 3.16 bits per heavy atom. The van der Waals surface area contributed by atoms with Crippen LogP contribution in [0.3, 0.4) is 0 Å². The highest BCUT2D eigenvalue weighted by Gasteiger charge is 2.28. The molecule has 104 valence electrons. The molecule has 3 nitrogen and oxygen atoms in total. The molecule has 4 heteroatoms. The molecule has 0 aliphatic carbocycles. The Morgan fingerprint density at radius 1 is 1.47 bits per heavy atom. The summed E-state index contributed by atoms with van der Waals surface area (Å²) in [6.07, 6.45) is 1.05. The lowest BCUT2D eigenvalue weighted by Crippen LogP contribution is -2.47. The molecule has 2 aliphatic heterocycles. The molecule has 0 radical (unpaired) electrons. The van der Waals surface area contributed by atoms with Crippen molar-refractivity contribution in [1.29, 1.82) is 0 Å². The van der Waals surface area contributed by atoms with Gasteiger partial charge in [0.1, 0.15) is 5.75 Å². The van der Waals surface area contributed by atoms with Gasteiger partial charge in [0, 0.05) is 36.6 Å². The number of hydrogen-bond acceptors (Lipinski definition) is 4. The topological polar surface area (TPSA) is 24.5 Å². The summed E-state index contributed by atoms with van der Waals surface area (Å²) in [5.41, 5.74) is 2.76. The first kappa shape index (κ1) is 13.3. The first-order valence-electron chi connectivity index (χ1n) is 7.00. The van der Waals surface area contributed by atoms with E-state index < -0.39 is 0 Å². The van der Waals surface area contributed by atoms with E-state index in [4.69, 9.17) is 4.74 Å². The zero-order valence-corrected chi connectivity index (χ0v) is 12.5. The Kier molecular flexibility index (Phi) is 4.01. The number of likely N-dealkylation sites (N-methyl/N-ethyl adjacent to an activating group) is 2. The van der Waals surface area contributed by atoms with Gasteiger partial charge in [-0.15, -0.1) is 0 Å². The molecule has 0 bridgehead atoms. The van der Waals surface area contributed by atoms with Crippen molar-refractivity contribution in [3.05, 3.63) is 29.3 Å². The predicted molar refractivity (Wildman–Crippen MR) is 81.2 cm³/mol. The van der Waals surface area contributed by atoms with Crippen molar-refractivity contribution in [1.82, 2.24) is 10.2 Å². The highest BCUT2D eigenvalue weighted by molar-refractivity contribution is 7.99. The quantitative estimate of drug-likeness (QED) is 0.913. The molecule has 2 aliphatic rings. The lowest BCUT2D eigenvalue weighted by Gasteiger charge is -2.38. The Hall–Kier alpha value is -0.710. The van der Waals surface area contributed by atoms with Gasteiger partial charge in [0.2, 0.25) is 0 Å². The predicted octanol–water partition coefficient (Wildman–Crippen LogP) is 1.93. The summed E-state index contributed by atoms with van der Waals surface area (Å²) in [7, 11) is 4.31. The van der Waals surface area contributed by atoms with Gasteiger partial charge >= 0.3 is 0 Å². The second-order valence-corrected chi connectivity index (χ2v) is 6.50. The van der Waals surface area contributed by atoms with Crippen LogP contribution >= 0.6 is 11.8 Å². The molecule has 0 saturated carbocycles. The van der Waals surface area contributed by atoms with E-state index in [1.165, 1.54) is 29.2 Å². The molecule has 19 heavy (non-hydrogen) atoms. The van der Waals surface area contributed by atoms with E-state index in [-0.39, 0.29) is 0 Å². The number of ether oxygens (including phenoxy) is 1. The van der Waals surface area contributed by atoms with E-state index in [9.17, 15) is 0 Å². The van der Waals surface area contributed by atoms with Gasteiger partial charge in [0.05, 0.1) is 6.61 Å². The maximum Gasteiger partial charge on any atom is 0.122 e. The maximum atomic E-state index is 5.60. The number of nitrogens with zero attached hydrogens (tertiary/aromatic N) is 1. The smallest absolute Gasteiger partial charge is 0.122 e. The highest BCUT2D eigenvalue weighted by atomic mass is 32.2. The van der Waals surface area contributed by atoms with E-state index in [1.54, 1.807) is 0 Å². The van der Waals surface area contributed by atoms with E-state index in [0.717, 1.165) is 18.8 Å². The minimum atomic E-state index is 0.406. The van der Waals surface area contributed by atoms with Crippen LogP contribution in [0.2, 0.25) is 0 Å². The maximum absolute atomic E-state index is 5.60. The zero-order valence-electron chi connectivity index (χ0n) is 11.7. The van der Waals surface area contributed by atoms with Crippen molar-refractivity contribution >= 4 is 11.8 Å². The van der Waals surface area contributed by atoms with Gasteiger partial charge in [-0.2, -0.15) is 11.8 Å². The molecular formula is C15H22N2OS. The Labute approximate surface area is 119 Å². The third-order valence-electron chi connectivity index (χ3n) is 4.21. The molecule has 0 aromatic heterocycles. The molecule has 1 saturated heterocycles. The fourth-order valence-corrected chi connectivity index (χ4v) is 4.31. The summed E-state index contributed by atoms with van der Waals surface area (Å²) < 4.78 is 5.60. The van der Waals surface area contributed by atoms with Crippen molar-refractivity contribution in [2.75, 3.05) is 38.8 Å². The second-order valence-electron chi connectivity index (χ2n) is 5.35. The molecule has 3 rings (SSSR count). The Balaban J connectivity index is 1.85. The molecule has 1 fully saturated rings. The van der Waals surface area contributed by atoms with Crippen LogP contribution in [0.15, 0.2) is 18.2 Å². The number of benzene rings is 1. The number of rotatable bonds is 3. The molecule has 1 aromatic carbocycles. The monoisotopic (exact) mass is 278 g/mol. The summed E-state index contributed by atoms with van der Waals surface area (Å²) in [6, 6.07) is 7.67. The first-order chi connectivity index (χ1) is 9.29. The summed E-state index contributed by atoms with van der Waals surface area (Å²) in [6.45, 7) is 2.02. The van der Waals surface area contributed by atoms with Gasteiger partial charge in [-0.3, -0.25) is 4.90 Å². The van der Waals surface area contributed by atoms with Crippen LogP contribution in [0.4, 0.5) is 0 Å². The van der Waals surface area contributed by atoms with Crippen molar-refractivity contribution < 1.29 is 4.74 Å². The summed E-state index contributed by atoms with van der Waals surface area (Å²) in [5, 5.41) is 3.51. The average Bonchev–Trinajstić information content (AvgIpc) is 2.89. The van der Waals surface area contributed by atoms with Crippen LogP contribution < -0.4 is 10.1 Å².